The molecular formula is C21H19BF3N9. The molecule has 1 saturated heterocycles. The minimum absolute atomic E-state index is 0.00477. The lowest BCUT2D eigenvalue weighted by atomic mass is 10.00. The van der Waals surface area contributed by atoms with Crippen LogP contribution in [0.15, 0.2) is 18.2 Å². The van der Waals surface area contributed by atoms with E-state index in [2.05, 4.69) is 25.7 Å². The van der Waals surface area contributed by atoms with Crippen LogP contribution < -0.4 is 10.9 Å². The van der Waals surface area contributed by atoms with Crippen molar-refractivity contribution in [2.24, 2.45) is 0 Å². The van der Waals surface area contributed by atoms with Crippen LogP contribution in [0.3, 0.4) is 0 Å². The minimum Gasteiger partial charge on any atom is -0.347 e. The molecule has 0 amide bonds. The Morgan fingerprint density at radius 3 is 2.91 bits per heavy atom. The van der Waals surface area contributed by atoms with Crippen LogP contribution in [0, 0.1) is 17.1 Å². The number of nitrogens with zero attached hydrogens (tertiary/aromatic N) is 8. The van der Waals surface area contributed by atoms with Crippen LogP contribution >= 0.6 is 0 Å². The number of likely N-dealkylation sites (tertiary alicyclic amines) is 1. The van der Waals surface area contributed by atoms with E-state index in [1.165, 1.54) is 4.68 Å². The van der Waals surface area contributed by atoms with Gasteiger partial charge >= 0.3 is 0 Å². The number of hydrogen-bond donors (Lipinski definition) is 1. The number of anilines is 1. The van der Waals surface area contributed by atoms with Crippen LogP contribution in [0.2, 0.25) is 0 Å². The van der Waals surface area contributed by atoms with Gasteiger partial charge in [-0.25, -0.2) is 22.4 Å². The fourth-order valence-electron chi connectivity index (χ4n) is 4.30. The number of piperidine rings is 1. The van der Waals surface area contributed by atoms with Crippen molar-refractivity contribution >= 4 is 35.9 Å². The van der Waals surface area contributed by atoms with Crippen molar-refractivity contribution in [1.29, 1.82) is 5.26 Å². The molecule has 4 aromatic rings. The first-order valence-electron chi connectivity index (χ1n) is 10.7. The summed E-state index contributed by atoms with van der Waals surface area (Å²) in [6.07, 6.45) is -0.644. The van der Waals surface area contributed by atoms with Gasteiger partial charge in [-0.15, -0.1) is 10.2 Å². The van der Waals surface area contributed by atoms with E-state index in [1.807, 2.05) is 18.0 Å². The van der Waals surface area contributed by atoms with Crippen molar-refractivity contribution in [2.45, 2.75) is 25.2 Å². The molecule has 1 N–H and O–H groups in total. The van der Waals surface area contributed by atoms with E-state index in [1.54, 1.807) is 18.2 Å². The van der Waals surface area contributed by atoms with E-state index in [9.17, 15) is 14.0 Å². The third-order valence-electron chi connectivity index (χ3n) is 6.02. The molecule has 0 bridgehead atoms. The molecule has 34 heavy (non-hydrogen) atoms. The normalized spacial score (nSPS) is 19.0. The van der Waals surface area contributed by atoms with E-state index >= 15 is 4.39 Å². The van der Waals surface area contributed by atoms with Crippen molar-refractivity contribution < 1.29 is 13.2 Å². The minimum atomic E-state index is -1.16. The second kappa shape index (κ2) is 8.60. The van der Waals surface area contributed by atoms with E-state index in [0.29, 0.717) is 29.6 Å². The molecule has 1 aliphatic rings. The van der Waals surface area contributed by atoms with Crippen LogP contribution in [-0.2, 0) is 6.54 Å². The van der Waals surface area contributed by atoms with Crippen molar-refractivity contribution in [3.05, 3.63) is 29.7 Å². The van der Waals surface area contributed by atoms with Crippen LogP contribution in [0.5, 0.6) is 0 Å². The molecule has 172 valence electrons. The molecule has 3 aromatic heterocycles. The van der Waals surface area contributed by atoms with Gasteiger partial charge in [0.15, 0.2) is 5.69 Å². The van der Waals surface area contributed by atoms with Gasteiger partial charge in [0, 0.05) is 24.2 Å². The van der Waals surface area contributed by atoms with Gasteiger partial charge in [-0.05, 0) is 31.2 Å². The number of nitriles is 1. The fraction of sp³-hybridized carbons (Fsp3) is 0.381. The van der Waals surface area contributed by atoms with Gasteiger partial charge in [0.25, 0.3) is 0 Å². The maximum Gasteiger partial charge on any atom is 0.242 e. The summed E-state index contributed by atoms with van der Waals surface area (Å²) in [6.45, 7) is 0.297. The number of benzene rings is 1. The predicted octanol–water partition coefficient (Wildman–Crippen LogP) is 1.37. The van der Waals surface area contributed by atoms with E-state index < -0.39 is 24.7 Å². The summed E-state index contributed by atoms with van der Waals surface area (Å²) in [6, 6.07) is 6.24. The Bertz CT molecular complexity index is 1430. The number of halogens is 3. The number of aromatic nitrogens is 6. The molecule has 2 radical (unpaired) electrons. The highest BCUT2D eigenvalue weighted by Crippen LogP contribution is 2.31. The average Bonchev–Trinajstić information content (AvgIpc) is 3.34. The summed E-state index contributed by atoms with van der Waals surface area (Å²) < 4.78 is 45.2. The third-order valence-corrected chi connectivity index (χ3v) is 6.02. The molecule has 1 aliphatic heterocycles. The summed E-state index contributed by atoms with van der Waals surface area (Å²) >= 11 is 0. The van der Waals surface area contributed by atoms with Crippen molar-refractivity contribution in [1.82, 2.24) is 34.5 Å². The lowest BCUT2D eigenvalue weighted by Crippen LogP contribution is -2.46. The number of rotatable bonds is 5. The standard InChI is InChI=1S/C21H19BF3N9/c1-32-6-4-13(12(24)10-32)27-21-28-15(9-26)19-17(18(25)20(22)34(19)30-21)11-2-3-14-16(8-11)33(7-5-23)31-29-14/h2-3,8,12-13H,4-7,10H2,1H3,(H,27,30). The number of aryl methyl sites for hydroxylation is 1. The highest BCUT2D eigenvalue weighted by atomic mass is 19.1. The Morgan fingerprint density at radius 2 is 2.18 bits per heavy atom. The predicted molar refractivity (Wildman–Crippen MR) is 120 cm³/mol. The summed E-state index contributed by atoms with van der Waals surface area (Å²) in [4.78, 5) is 6.10. The van der Waals surface area contributed by atoms with Crippen molar-refractivity contribution in [2.75, 3.05) is 32.1 Å². The quantitative estimate of drug-likeness (QED) is 0.445. The largest absolute Gasteiger partial charge is 0.347 e. The molecule has 2 unspecified atom stereocenters. The van der Waals surface area contributed by atoms with Crippen molar-refractivity contribution in [3.63, 3.8) is 0 Å². The molecule has 1 aromatic carbocycles. The summed E-state index contributed by atoms with van der Waals surface area (Å²) in [5.41, 5.74) is 1.05. The lowest BCUT2D eigenvalue weighted by Gasteiger charge is -2.32. The molecule has 13 heteroatoms. The SMILES string of the molecule is [B]c1c(F)c(-c2ccc3nnn(CCF)c3c2)c2c(C#N)nc(NC3CCN(C)CC3F)nn12. The first-order valence-corrected chi connectivity index (χ1v) is 10.7. The van der Waals surface area contributed by atoms with Gasteiger partial charge in [-0.1, -0.05) is 11.3 Å². The number of fused-ring (bicyclic) bond motifs is 2. The second-order valence-corrected chi connectivity index (χ2v) is 8.25. The molecule has 0 spiro atoms. The van der Waals surface area contributed by atoms with E-state index in [0.717, 1.165) is 4.52 Å². The summed E-state index contributed by atoms with van der Waals surface area (Å²) in [5.74, 6) is -0.801. The summed E-state index contributed by atoms with van der Waals surface area (Å²) in [7, 11) is 7.85. The number of alkyl halides is 2. The third kappa shape index (κ3) is 3.64. The Morgan fingerprint density at radius 1 is 1.35 bits per heavy atom. The molecule has 5 rings (SSSR count). The Hall–Kier alpha value is -3.66. The van der Waals surface area contributed by atoms with Gasteiger partial charge in [-0.3, -0.25) is 0 Å². The Kier molecular flexibility index (Phi) is 5.61. The fourth-order valence-corrected chi connectivity index (χ4v) is 4.30. The molecule has 2 atom stereocenters. The maximum absolute atomic E-state index is 15.4. The first-order chi connectivity index (χ1) is 16.4. The molecule has 0 aliphatic carbocycles. The van der Waals surface area contributed by atoms with Gasteiger partial charge in [0.1, 0.15) is 43.6 Å². The highest BCUT2D eigenvalue weighted by Gasteiger charge is 2.29. The zero-order valence-corrected chi connectivity index (χ0v) is 18.2. The monoisotopic (exact) mass is 465 g/mol. The van der Waals surface area contributed by atoms with Gasteiger partial charge in [0.05, 0.1) is 18.1 Å². The second-order valence-electron chi connectivity index (χ2n) is 8.25. The molecular weight excluding hydrogens is 446 g/mol. The zero-order chi connectivity index (χ0) is 24.0. The maximum atomic E-state index is 15.4. The highest BCUT2D eigenvalue weighted by molar-refractivity contribution is 6.32. The van der Waals surface area contributed by atoms with Crippen LogP contribution in [0.4, 0.5) is 19.1 Å². The van der Waals surface area contributed by atoms with Crippen LogP contribution in [0.1, 0.15) is 12.1 Å². The van der Waals surface area contributed by atoms with Crippen molar-refractivity contribution in [3.8, 4) is 17.2 Å². The van der Waals surface area contributed by atoms with E-state index in [4.69, 9.17) is 7.85 Å². The number of hydrogen-bond acceptors (Lipinski definition) is 7. The molecule has 0 saturated carbocycles. The summed E-state index contributed by atoms with van der Waals surface area (Å²) in [5, 5.41) is 24.9. The lowest BCUT2D eigenvalue weighted by molar-refractivity contribution is 0.149. The Labute approximate surface area is 193 Å². The topological polar surface area (TPSA) is 100.0 Å². The van der Waals surface area contributed by atoms with E-state index in [-0.39, 0.29) is 41.4 Å². The molecule has 4 heterocycles. The van der Waals surface area contributed by atoms with Gasteiger partial charge < -0.3 is 10.2 Å². The molecule has 9 nitrogen and oxygen atoms in total. The smallest absolute Gasteiger partial charge is 0.242 e. The first kappa shape index (κ1) is 22.2. The van der Waals surface area contributed by atoms with Gasteiger partial charge in [0.2, 0.25) is 5.95 Å². The van der Waals surface area contributed by atoms with Crippen LogP contribution in [-0.4, -0.2) is 81.4 Å². The number of nitrogens with one attached hydrogen (secondary N) is 1. The average molecular weight is 465 g/mol. The van der Waals surface area contributed by atoms with Crippen LogP contribution in [0.25, 0.3) is 27.7 Å². The Balaban J connectivity index is 1.62. The molecule has 1 fully saturated rings. The van der Waals surface area contributed by atoms with Gasteiger partial charge in [-0.2, -0.15) is 10.2 Å². The zero-order valence-electron chi connectivity index (χ0n) is 18.2.